The summed E-state index contributed by atoms with van der Waals surface area (Å²) >= 11 is 30.9. The van der Waals surface area contributed by atoms with Gasteiger partial charge >= 0.3 is 0 Å². The molecule has 5 nitrogen and oxygen atoms in total. The van der Waals surface area contributed by atoms with Crippen LogP contribution in [0.2, 0.25) is 15.1 Å². The zero-order valence-corrected chi connectivity index (χ0v) is 21.1. The molecule has 2 amide bonds. The summed E-state index contributed by atoms with van der Waals surface area (Å²) in [5.41, 5.74) is 5.18. The molecule has 1 saturated carbocycles. The van der Waals surface area contributed by atoms with E-state index in [2.05, 4.69) is 10.6 Å². The molecule has 35 heavy (non-hydrogen) atoms. The van der Waals surface area contributed by atoms with Gasteiger partial charge in [0, 0.05) is 33.8 Å². The van der Waals surface area contributed by atoms with Crippen molar-refractivity contribution in [2.45, 2.75) is 10.3 Å². The number of carbonyl (C=O) groups excluding carboxylic acids is 2. The molecular formula is C23H14Cl5F2N3O2. The first kappa shape index (κ1) is 25.8. The van der Waals surface area contributed by atoms with Gasteiger partial charge in [0.05, 0.1) is 27.9 Å². The number of hydrogen-bond acceptors (Lipinski definition) is 3. The summed E-state index contributed by atoms with van der Waals surface area (Å²) in [6, 6.07) is 10.4. The Morgan fingerprint density at radius 2 is 1.54 bits per heavy atom. The average molecular weight is 580 g/mol. The number of halogens is 7. The lowest BCUT2D eigenvalue weighted by molar-refractivity contribution is -0.117. The minimum absolute atomic E-state index is 0.0127. The predicted molar refractivity (Wildman–Crippen MR) is 136 cm³/mol. The van der Waals surface area contributed by atoms with Gasteiger partial charge in [-0.2, -0.15) is 0 Å². The number of nitrogens with two attached hydrogens (primary N) is 1. The van der Waals surface area contributed by atoms with Gasteiger partial charge in [-0.1, -0.05) is 34.8 Å². The normalized spacial score (nSPS) is 18.1. The molecule has 12 heteroatoms. The molecular weight excluding hydrogens is 566 g/mol. The number of nitrogens with one attached hydrogen (secondary N) is 2. The molecule has 4 rings (SSSR count). The number of alkyl halides is 2. The van der Waals surface area contributed by atoms with Crippen molar-refractivity contribution in [3.05, 3.63) is 86.4 Å². The van der Waals surface area contributed by atoms with E-state index in [4.69, 9.17) is 63.7 Å². The summed E-state index contributed by atoms with van der Waals surface area (Å²) < 4.78 is 26.3. The van der Waals surface area contributed by atoms with Gasteiger partial charge in [0.15, 0.2) is 0 Å². The molecule has 0 aromatic heterocycles. The van der Waals surface area contributed by atoms with Gasteiger partial charge < -0.3 is 16.4 Å². The SMILES string of the molecule is Nc1cc(F)c(NC(=O)c2cc(NC(=O)[C@H]3C(c4cc(Cl)cc(Cl)c4)C3(Cl)Cl)ccc2Cl)cc1F. The Hall–Kier alpha value is -2.29. The smallest absolute Gasteiger partial charge is 0.257 e. The van der Waals surface area contributed by atoms with Crippen LogP contribution in [-0.2, 0) is 4.79 Å². The van der Waals surface area contributed by atoms with Crippen molar-refractivity contribution in [1.82, 2.24) is 0 Å². The van der Waals surface area contributed by atoms with Crippen LogP contribution in [0.5, 0.6) is 0 Å². The zero-order valence-electron chi connectivity index (χ0n) is 17.3. The van der Waals surface area contributed by atoms with Gasteiger partial charge in [0.1, 0.15) is 16.0 Å². The molecule has 4 N–H and O–H groups in total. The van der Waals surface area contributed by atoms with Crippen LogP contribution in [0.15, 0.2) is 48.5 Å². The van der Waals surface area contributed by atoms with Crippen LogP contribution in [0.1, 0.15) is 21.8 Å². The molecule has 182 valence electrons. The van der Waals surface area contributed by atoms with Crippen molar-refractivity contribution in [3.63, 3.8) is 0 Å². The topological polar surface area (TPSA) is 84.2 Å². The Labute approximate surface area is 223 Å². The van der Waals surface area contributed by atoms with Crippen molar-refractivity contribution < 1.29 is 18.4 Å². The highest BCUT2D eigenvalue weighted by atomic mass is 35.5. The number of hydrogen-bond donors (Lipinski definition) is 3. The van der Waals surface area contributed by atoms with Crippen molar-refractivity contribution in [1.29, 1.82) is 0 Å². The maximum absolute atomic E-state index is 14.1. The minimum Gasteiger partial charge on any atom is -0.396 e. The third-order valence-electron chi connectivity index (χ3n) is 5.39. The molecule has 0 saturated heterocycles. The fraction of sp³-hybridized carbons (Fsp3) is 0.130. The second kappa shape index (κ2) is 9.64. The highest BCUT2D eigenvalue weighted by Crippen LogP contribution is 2.65. The molecule has 0 radical (unpaired) electrons. The second-order valence-corrected chi connectivity index (χ2v) is 10.5. The maximum Gasteiger partial charge on any atom is 0.257 e. The first-order chi connectivity index (χ1) is 16.4. The lowest BCUT2D eigenvalue weighted by atomic mass is 10.1. The van der Waals surface area contributed by atoms with Crippen LogP contribution >= 0.6 is 58.0 Å². The average Bonchev–Trinajstić information content (AvgIpc) is 3.34. The number of carbonyl (C=O) groups is 2. The van der Waals surface area contributed by atoms with Crippen molar-refractivity contribution in [3.8, 4) is 0 Å². The summed E-state index contributed by atoms with van der Waals surface area (Å²) in [6.07, 6.45) is 0. The van der Waals surface area contributed by atoms with E-state index in [1.54, 1.807) is 18.2 Å². The number of anilines is 3. The molecule has 1 unspecified atom stereocenters. The van der Waals surface area contributed by atoms with E-state index in [1.165, 1.54) is 18.2 Å². The third kappa shape index (κ3) is 5.29. The fourth-order valence-corrected chi connectivity index (χ4v) is 5.24. The van der Waals surface area contributed by atoms with Crippen molar-refractivity contribution in [2.75, 3.05) is 16.4 Å². The van der Waals surface area contributed by atoms with Gasteiger partial charge in [-0.3, -0.25) is 9.59 Å². The highest BCUT2D eigenvalue weighted by molar-refractivity contribution is 6.53. The van der Waals surface area contributed by atoms with Crippen LogP contribution in [0.4, 0.5) is 25.8 Å². The molecule has 0 spiro atoms. The minimum atomic E-state index is -1.40. The summed E-state index contributed by atoms with van der Waals surface area (Å²) in [4.78, 5) is 25.6. The molecule has 0 bridgehead atoms. The monoisotopic (exact) mass is 577 g/mol. The Kier molecular flexibility index (Phi) is 7.10. The third-order valence-corrected chi connectivity index (χ3v) is 7.10. The number of benzene rings is 3. The van der Waals surface area contributed by atoms with E-state index < -0.39 is 51.0 Å². The lowest BCUT2D eigenvalue weighted by Gasteiger charge is -2.11. The van der Waals surface area contributed by atoms with Gasteiger partial charge in [-0.05, 0) is 42.0 Å². The van der Waals surface area contributed by atoms with Crippen LogP contribution in [0, 0.1) is 17.6 Å². The van der Waals surface area contributed by atoms with E-state index in [-0.39, 0.29) is 16.3 Å². The number of nitrogen functional groups attached to an aromatic ring is 1. The van der Waals surface area contributed by atoms with Crippen LogP contribution in [-0.4, -0.2) is 16.1 Å². The van der Waals surface area contributed by atoms with Crippen molar-refractivity contribution >= 4 is 86.9 Å². The second-order valence-electron chi connectivity index (χ2n) is 7.82. The molecule has 2 atom stereocenters. The molecule has 1 aliphatic rings. The van der Waals surface area contributed by atoms with E-state index in [9.17, 15) is 18.4 Å². The number of amides is 2. The van der Waals surface area contributed by atoms with Gasteiger partial charge in [-0.25, -0.2) is 8.78 Å². The fourth-order valence-electron chi connectivity index (χ4n) is 3.67. The summed E-state index contributed by atoms with van der Waals surface area (Å²) in [6.45, 7) is 0. The molecule has 0 aliphatic heterocycles. The molecule has 3 aromatic carbocycles. The van der Waals surface area contributed by atoms with Crippen LogP contribution in [0.25, 0.3) is 0 Å². The number of rotatable bonds is 5. The first-order valence-electron chi connectivity index (χ1n) is 9.88. The standard InChI is InChI=1S/C23H14Cl5F2N3O2/c24-10-3-9(4-11(25)5-10)19-20(23(19,27)28)22(35)32-12-1-2-14(26)13(6-12)21(34)33-18-8-15(29)17(31)7-16(18)30/h1-8,19-20H,31H2,(H,32,35)(H,33,34)/t19?,20-/m1/s1. The predicted octanol–water partition coefficient (Wildman–Crippen LogP) is 7.29. The van der Waals surface area contributed by atoms with E-state index in [1.807, 2.05) is 0 Å². The van der Waals surface area contributed by atoms with Crippen LogP contribution in [0.3, 0.4) is 0 Å². The van der Waals surface area contributed by atoms with Gasteiger partial charge in [0.25, 0.3) is 5.91 Å². The Morgan fingerprint density at radius 1 is 0.886 bits per heavy atom. The Bertz CT molecular complexity index is 1350. The largest absolute Gasteiger partial charge is 0.396 e. The van der Waals surface area contributed by atoms with Gasteiger partial charge in [-0.15, -0.1) is 23.2 Å². The van der Waals surface area contributed by atoms with E-state index in [0.29, 0.717) is 15.6 Å². The van der Waals surface area contributed by atoms with Gasteiger partial charge in [0.2, 0.25) is 5.91 Å². The van der Waals surface area contributed by atoms with Crippen LogP contribution < -0.4 is 16.4 Å². The lowest BCUT2D eigenvalue weighted by Crippen LogP contribution is -2.18. The maximum atomic E-state index is 14.1. The molecule has 1 fully saturated rings. The quantitative estimate of drug-likeness (QED) is 0.219. The van der Waals surface area contributed by atoms with Crippen molar-refractivity contribution in [2.24, 2.45) is 5.92 Å². The Morgan fingerprint density at radius 3 is 2.20 bits per heavy atom. The van der Waals surface area contributed by atoms with E-state index in [0.717, 1.165) is 12.1 Å². The summed E-state index contributed by atoms with van der Waals surface area (Å²) in [5.74, 6) is -4.59. The highest BCUT2D eigenvalue weighted by Gasteiger charge is 2.67. The first-order valence-corrected chi connectivity index (χ1v) is 11.8. The summed E-state index contributed by atoms with van der Waals surface area (Å²) in [7, 11) is 0. The zero-order chi connectivity index (χ0) is 25.7. The summed E-state index contributed by atoms with van der Waals surface area (Å²) in [5, 5.41) is 5.62. The Balaban J connectivity index is 1.52. The molecule has 3 aromatic rings. The molecule has 1 aliphatic carbocycles. The molecule has 0 heterocycles. The van der Waals surface area contributed by atoms with E-state index >= 15 is 0 Å².